The summed E-state index contributed by atoms with van der Waals surface area (Å²) >= 11 is 1.71. The highest BCUT2D eigenvalue weighted by Gasteiger charge is 2.17. The highest BCUT2D eigenvalue weighted by molar-refractivity contribution is 7.09. The number of thiophene rings is 1. The molecule has 1 aromatic carbocycles. The first-order valence-corrected chi connectivity index (χ1v) is 10.1. The first-order chi connectivity index (χ1) is 13.8. The van der Waals surface area contributed by atoms with E-state index in [1.807, 2.05) is 36.4 Å². The minimum absolute atomic E-state index is 0.253. The van der Waals surface area contributed by atoms with Crippen LogP contribution in [0.25, 0.3) is 0 Å². The first-order valence-electron chi connectivity index (χ1n) is 9.18. The fraction of sp³-hybridized carbons (Fsp3) is 0.333. The lowest BCUT2D eigenvalue weighted by atomic mass is 10.1. The van der Waals surface area contributed by atoms with E-state index in [0.29, 0.717) is 19.7 Å². The molecule has 1 unspecified atom stereocenters. The average Bonchev–Trinajstić information content (AvgIpc) is 3.44. The van der Waals surface area contributed by atoms with Gasteiger partial charge in [-0.05, 0) is 41.3 Å². The van der Waals surface area contributed by atoms with Crippen LogP contribution in [0.15, 0.2) is 58.5 Å². The van der Waals surface area contributed by atoms with Crippen LogP contribution in [0.5, 0.6) is 11.5 Å². The zero-order valence-electron chi connectivity index (χ0n) is 15.5. The molecule has 7 heteroatoms. The van der Waals surface area contributed by atoms with Gasteiger partial charge < -0.3 is 23.7 Å². The van der Waals surface area contributed by atoms with Crippen molar-refractivity contribution < 1.29 is 23.7 Å². The van der Waals surface area contributed by atoms with Gasteiger partial charge in [-0.2, -0.15) is 0 Å². The van der Waals surface area contributed by atoms with E-state index >= 15 is 0 Å². The fourth-order valence-electron chi connectivity index (χ4n) is 3.15. The Morgan fingerprint density at radius 3 is 2.86 bits per heavy atom. The SMILES string of the molecule is OC(COCc1ccco1)CN(Cc1ccc2c(c1)OCO2)Cc1cccs1. The third-order valence-corrected chi connectivity index (χ3v) is 5.27. The normalized spacial score (nSPS) is 13.9. The molecule has 3 heterocycles. The molecule has 0 saturated carbocycles. The molecule has 1 atom stereocenters. The van der Waals surface area contributed by atoms with E-state index in [0.717, 1.165) is 29.4 Å². The van der Waals surface area contributed by atoms with Crippen LogP contribution in [0.4, 0.5) is 0 Å². The van der Waals surface area contributed by atoms with Gasteiger partial charge in [-0.25, -0.2) is 0 Å². The molecule has 6 nitrogen and oxygen atoms in total. The second-order valence-electron chi connectivity index (χ2n) is 6.68. The van der Waals surface area contributed by atoms with E-state index in [4.69, 9.17) is 18.6 Å². The monoisotopic (exact) mass is 401 g/mol. The molecule has 0 amide bonds. The van der Waals surface area contributed by atoms with Crippen LogP contribution in [0.3, 0.4) is 0 Å². The summed E-state index contributed by atoms with van der Waals surface area (Å²) in [6.45, 7) is 2.85. The molecule has 2 aromatic heterocycles. The van der Waals surface area contributed by atoms with Crippen molar-refractivity contribution >= 4 is 11.3 Å². The van der Waals surface area contributed by atoms with Crippen LogP contribution < -0.4 is 9.47 Å². The largest absolute Gasteiger partial charge is 0.467 e. The second-order valence-corrected chi connectivity index (χ2v) is 7.72. The minimum atomic E-state index is -0.594. The van der Waals surface area contributed by atoms with Crippen LogP contribution in [0, 0.1) is 0 Å². The summed E-state index contributed by atoms with van der Waals surface area (Å²) in [4.78, 5) is 3.47. The van der Waals surface area contributed by atoms with Gasteiger partial charge in [0.25, 0.3) is 0 Å². The Hall–Kier alpha value is -2.32. The van der Waals surface area contributed by atoms with Crippen molar-refractivity contribution in [3.05, 3.63) is 70.3 Å². The summed E-state index contributed by atoms with van der Waals surface area (Å²) in [7, 11) is 0. The summed E-state index contributed by atoms with van der Waals surface area (Å²) in [6.07, 6.45) is 1.02. The fourth-order valence-corrected chi connectivity index (χ4v) is 3.89. The van der Waals surface area contributed by atoms with Crippen LogP contribution >= 0.6 is 11.3 Å². The van der Waals surface area contributed by atoms with E-state index in [2.05, 4.69) is 16.3 Å². The molecule has 0 saturated heterocycles. The van der Waals surface area contributed by atoms with Crippen molar-refractivity contribution in [2.45, 2.75) is 25.8 Å². The Balaban J connectivity index is 1.35. The molecule has 0 radical (unpaired) electrons. The van der Waals surface area contributed by atoms with Gasteiger partial charge in [0.1, 0.15) is 12.4 Å². The van der Waals surface area contributed by atoms with Crippen molar-refractivity contribution in [1.82, 2.24) is 4.90 Å². The van der Waals surface area contributed by atoms with Gasteiger partial charge in [0.2, 0.25) is 6.79 Å². The summed E-state index contributed by atoms with van der Waals surface area (Å²) in [5.74, 6) is 2.30. The first kappa shape index (κ1) is 19.0. The molecule has 0 aliphatic carbocycles. The van der Waals surface area contributed by atoms with Gasteiger partial charge in [0.05, 0.1) is 19.0 Å². The number of furan rings is 1. The molecule has 4 rings (SSSR count). The van der Waals surface area contributed by atoms with Crippen molar-refractivity contribution in [3.8, 4) is 11.5 Å². The van der Waals surface area contributed by atoms with Crippen molar-refractivity contribution in [3.63, 3.8) is 0 Å². The second kappa shape index (κ2) is 9.25. The number of aliphatic hydroxyl groups is 1. The number of fused-ring (bicyclic) bond motifs is 1. The summed E-state index contributed by atoms with van der Waals surface area (Å²) in [6, 6.07) is 13.8. The summed E-state index contributed by atoms with van der Waals surface area (Å²) < 4.78 is 21.7. The number of hydrogen-bond acceptors (Lipinski definition) is 7. The molecular weight excluding hydrogens is 378 g/mol. The van der Waals surface area contributed by atoms with Gasteiger partial charge in [-0.15, -0.1) is 11.3 Å². The zero-order valence-corrected chi connectivity index (χ0v) is 16.3. The lowest BCUT2D eigenvalue weighted by molar-refractivity contribution is 0.00267. The average molecular weight is 401 g/mol. The maximum atomic E-state index is 10.5. The van der Waals surface area contributed by atoms with Crippen LogP contribution in [-0.4, -0.2) is 36.1 Å². The molecule has 1 aliphatic heterocycles. The third-order valence-electron chi connectivity index (χ3n) is 4.41. The summed E-state index contributed by atoms with van der Waals surface area (Å²) in [5.41, 5.74) is 1.12. The smallest absolute Gasteiger partial charge is 0.231 e. The molecule has 0 spiro atoms. The molecule has 0 fully saturated rings. The predicted molar refractivity (Wildman–Crippen MR) is 105 cm³/mol. The van der Waals surface area contributed by atoms with Crippen molar-refractivity contribution in [2.75, 3.05) is 19.9 Å². The molecule has 28 heavy (non-hydrogen) atoms. The maximum absolute atomic E-state index is 10.5. The van der Waals surface area contributed by atoms with E-state index in [9.17, 15) is 5.11 Å². The Bertz CT molecular complexity index is 850. The molecular formula is C21H23NO5S. The predicted octanol–water partition coefficient (Wildman–Crippen LogP) is 3.65. The summed E-state index contributed by atoms with van der Waals surface area (Å²) in [5, 5.41) is 12.5. The third kappa shape index (κ3) is 5.14. The Labute approximate surface area is 167 Å². The van der Waals surface area contributed by atoms with Crippen LogP contribution in [-0.2, 0) is 24.4 Å². The topological polar surface area (TPSA) is 64.3 Å². The molecule has 0 bridgehead atoms. The number of aliphatic hydroxyl groups excluding tert-OH is 1. The number of benzene rings is 1. The standard InChI is InChI=1S/C21H23NO5S/c23-17(13-24-14-18-3-1-7-25-18)11-22(12-19-4-2-8-28-19)10-16-5-6-20-21(9-16)27-15-26-20/h1-9,17,23H,10-15H2. The van der Waals surface area contributed by atoms with Crippen molar-refractivity contribution in [1.29, 1.82) is 0 Å². The molecule has 3 aromatic rings. The minimum Gasteiger partial charge on any atom is -0.467 e. The van der Waals surface area contributed by atoms with Gasteiger partial charge in [0.15, 0.2) is 11.5 Å². The highest BCUT2D eigenvalue weighted by atomic mass is 32.1. The Morgan fingerprint density at radius 1 is 1.11 bits per heavy atom. The quantitative estimate of drug-likeness (QED) is 0.560. The van der Waals surface area contributed by atoms with Crippen LogP contribution in [0.2, 0.25) is 0 Å². The molecule has 148 valence electrons. The van der Waals surface area contributed by atoms with Gasteiger partial charge >= 0.3 is 0 Å². The van der Waals surface area contributed by atoms with E-state index in [1.165, 1.54) is 4.88 Å². The number of ether oxygens (including phenoxy) is 3. The zero-order chi connectivity index (χ0) is 19.2. The molecule has 1 aliphatic rings. The number of hydrogen-bond donors (Lipinski definition) is 1. The number of nitrogens with zero attached hydrogens (tertiary/aromatic N) is 1. The van der Waals surface area contributed by atoms with E-state index in [1.54, 1.807) is 17.6 Å². The van der Waals surface area contributed by atoms with E-state index in [-0.39, 0.29) is 13.4 Å². The van der Waals surface area contributed by atoms with Gasteiger partial charge in [0, 0.05) is 24.5 Å². The maximum Gasteiger partial charge on any atom is 0.231 e. The van der Waals surface area contributed by atoms with Gasteiger partial charge in [-0.1, -0.05) is 12.1 Å². The lowest BCUT2D eigenvalue weighted by Crippen LogP contribution is -2.34. The van der Waals surface area contributed by atoms with Gasteiger partial charge in [-0.3, -0.25) is 4.90 Å². The van der Waals surface area contributed by atoms with E-state index < -0.39 is 6.10 Å². The Morgan fingerprint density at radius 2 is 2.04 bits per heavy atom. The van der Waals surface area contributed by atoms with Crippen LogP contribution in [0.1, 0.15) is 16.2 Å². The molecule has 1 N–H and O–H groups in total. The lowest BCUT2D eigenvalue weighted by Gasteiger charge is -2.25. The Kier molecular flexibility index (Phi) is 6.28. The highest BCUT2D eigenvalue weighted by Crippen LogP contribution is 2.33. The number of rotatable bonds is 10. The van der Waals surface area contributed by atoms with Crippen molar-refractivity contribution in [2.24, 2.45) is 0 Å².